The zero-order valence-corrected chi connectivity index (χ0v) is 11.2. The highest BCUT2D eigenvalue weighted by atomic mass is 16.5. The lowest BCUT2D eigenvalue weighted by atomic mass is 10.1. The first-order valence-corrected chi connectivity index (χ1v) is 6.63. The maximum absolute atomic E-state index is 11.7. The van der Waals surface area contributed by atoms with Gasteiger partial charge in [-0.1, -0.05) is 5.16 Å². The van der Waals surface area contributed by atoms with Gasteiger partial charge >= 0.3 is 0 Å². The van der Waals surface area contributed by atoms with Crippen LogP contribution in [-0.2, 0) is 11.3 Å². The minimum atomic E-state index is 0.145. The van der Waals surface area contributed by atoms with Crippen molar-refractivity contribution in [2.45, 2.75) is 32.7 Å². The van der Waals surface area contributed by atoms with Crippen molar-refractivity contribution in [3.05, 3.63) is 23.7 Å². The summed E-state index contributed by atoms with van der Waals surface area (Å²) in [5.41, 5.74) is 1.40. The Hall–Kier alpha value is -2.31. The molecule has 104 valence electrons. The third-order valence-corrected chi connectivity index (χ3v) is 3.24. The van der Waals surface area contributed by atoms with Crippen LogP contribution in [0.3, 0.4) is 0 Å². The van der Waals surface area contributed by atoms with Crippen LogP contribution in [0.1, 0.15) is 30.8 Å². The average Bonchev–Trinajstić information content (AvgIpc) is 2.91. The Morgan fingerprint density at radius 1 is 1.30 bits per heavy atom. The molecule has 2 aromatic heterocycles. The second-order valence-corrected chi connectivity index (χ2v) is 4.84. The first kappa shape index (κ1) is 12.7. The molecule has 1 fully saturated rings. The first-order valence-electron chi connectivity index (χ1n) is 6.63. The van der Waals surface area contributed by atoms with E-state index in [2.05, 4.69) is 20.3 Å². The molecule has 0 bridgehead atoms. The number of nitrogens with zero attached hydrogens (tertiary/aromatic N) is 5. The summed E-state index contributed by atoms with van der Waals surface area (Å²) in [7, 11) is 0. The van der Waals surface area contributed by atoms with E-state index in [1.165, 1.54) is 0 Å². The lowest BCUT2D eigenvalue weighted by Gasteiger charge is -2.24. The van der Waals surface area contributed by atoms with E-state index in [0.29, 0.717) is 30.4 Å². The number of rotatable bonds is 3. The van der Waals surface area contributed by atoms with Crippen LogP contribution in [-0.4, -0.2) is 37.7 Å². The van der Waals surface area contributed by atoms with Gasteiger partial charge in [0.15, 0.2) is 0 Å². The number of carbonyl (C=O) groups excluding carboxylic acids is 1. The topological polar surface area (TPSA) is 85.0 Å². The Bertz CT molecular complexity index is 607. The molecule has 2 aromatic rings. The van der Waals surface area contributed by atoms with Crippen LogP contribution in [0, 0.1) is 6.92 Å². The van der Waals surface area contributed by atoms with Crippen LogP contribution in [0.5, 0.6) is 0 Å². The largest absolute Gasteiger partial charge is 0.337 e. The molecule has 0 spiro atoms. The summed E-state index contributed by atoms with van der Waals surface area (Å²) < 4.78 is 5.18. The van der Waals surface area contributed by atoms with Crippen molar-refractivity contribution in [1.29, 1.82) is 0 Å². The summed E-state index contributed by atoms with van der Waals surface area (Å²) in [6.07, 6.45) is 2.59. The Balaban J connectivity index is 1.73. The predicted molar refractivity (Wildman–Crippen MR) is 69.3 cm³/mol. The van der Waals surface area contributed by atoms with Gasteiger partial charge in [-0.25, -0.2) is 0 Å². The van der Waals surface area contributed by atoms with E-state index in [-0.39, 0.29) is 5.91 Å². The van der Waals surface area contributed by atoms with Gasteiger partial charge in [-0.3, -0.25) is 4.79 Å². The smallest absolute Gasteiger partial charge is 0.246 e. The zero-order valence-electron chi connectivity index (χ0n) is 11.2. The third kappa shape index (κ3) is 2.66. The minimum absolute atomic E-state index is 0.145. The Kier molecular flexibility index (Phi) is 3.41. The fourth-order valence-corrected chi connectivity index (χ4v) is 2.13. The van der Waals surface area contributed by atoms with Gasteiger partial charge in [-0.2, -0.15) is 10.1 Å². The Morgan fingerprint density at radius 2 is 2.20 bits per heavy atom. The van der Waals surface area contributed by atoms with Crippen LogP contribution in [0.2, 0.25) is 0 Å². The highest BCUT2D eigenvalue weighted by molar-refractivity contribution is 5.76. The standard InChI is InChI=1S/C13H15N5O2/c1-9-5-6-10(16-15-9)13-14-11(20-17-13)8-18-7-3-2-4-12(18)19/h5-6H,2-4,7-8H2,1H3. The van der Waals surface area contributed by atoms with Gasteiger partial charge in [0, 0.05) is 13.0 Å². The highest BCUT2D eigenvalue weighted by Crippen LogP contribution is 2.16. The molecule has 3 rings (SSSR count). The molecule has 0 unspecified atom stereocenters. The van der Waals surface area contributed by atoms with E-state index in [4.69, 9.17) is 4.52 Å². The van der Waals surface area contributed by atoms with Crippen molar-refractivity contribution in [1.82, 2.24) is 25.2 Å². The highest BCUT2D eigenvalue weighted by Gasteiger charge is 2.21. The number of hydrogen-bond donors (Lipinski definition) is 0. The van der Waals surface area contributed by atoms with Crippen LogP contribution in [0.4, 0.5) is 0 Å². The number of aryl methyl sites for hydroxylation is 1. The number of hydrogen-bond acceptors (Lipinski definition) is 6. The molecule has 1 aliphatic heterocycles. The summed E-state index contributed by atoms with van der Waals surface area (Å²) in [6, 6.07) is 3.63. The van der Waals surface area contributed by atoms with E-state index in [1.54, 1.807) is 11.0 Å². The van der Waals surface area contributed by atoms with Crippen molar-refractivity contribution in [3.63, 3.8) is 0 Å². The molecule has 0 atom stereocenters. The van der Waals surface area contributed by atoms with E-state index in [9.17, 15) is 4.79 Å². The van der Waals surface area contributed by atoms with Crippen molar-refractivity contribution in [2.75, 3.05) is 6.54 Å². The van der Waals surface area contributed by atoms with E-state index in [1.807, 2.05) is 13.0 Å². The minimum Gasteiger partial charge on any atom is -0.337 e. The number of piperidine rings is 1. The van der Waals surface area contributed by atoms with Gasteiger partial charge in [0.05, 0.1) is 12.2 Å². The van der Waals surface area contributed by atoms with Crippen molar-refractivity contribution in [3.8, 4) is 11.5 Å². The molecular formula is C13H15N5O2. The Morgan fingerprint density at radius 3 is 2.95 bits per heavy atom. The number of carbonyl (C=O) groups is 1. The van der Waals surface area contributed by atoms with Gasteiger partial charge in [-0.15, -0.1) is 5.10 Å². The molecule has 1 saturated heterocycles. The molecule has 0 aromatic carbocycles. The van der Waals surface area contributed by atoms with Crippen LogP contribution >= 0.6 is 0 Å². The first-order chi connectivity index (χ1) is 9.72. The summed E-state index contributed by atoms with van der Waals surface area (Å²) in [6.45, 7) is 2.98. The van der Waals surface area contributed by atoms with Gasteiger partial charge in [-0.05, 0) is 31.9 Å². The number of likely N-dealkylation sites (tertiary alicyclic amines) is 1. The second kappa shape index (κ2) is 5.36. The lowest BCUT2D eigenvalue weighted by Crippen LogP contribution is -2.34. The van der Waals surface area contributed by atoms with Gasteiger partial charge < -0.3 is 9.42 Å². The van der Waals surface area contributed by atoms with Crippen LogP contribution in [0.25, 0.3) is 11.5 Å². The molecule has 0 radical (unpaired) electrons. The van der Waals surface area contributed by atoms with E-state index >= 15 is 0 Å². The molecule has 1 amide bonds. The lowest BCUT2D eigenvalue weighted by molar-refractivity contribution is -0.134. The fraction of sp³-hybridized carbons (Fsp3) is 0.462. The molecule has 7 heteroatoms. The Labute approximate surface area is 116 Å². The van der Waals surface area contributed by atoms with Crippen molar-refractivity contribution >= 4 is 5.91 Å². The van der Waals surface area contributed by atoms with Crippen LogP contribution < -0.4 is 0 Å². The van der Waals surface area contributed by atoms with Gasteiger partial charge in [0.2, 0.25) is 17.6 Å². The van der Waals surface area contributed by atoms with Gasteiger partial charge in [0.25, 0.3) is 0 Å². The summed E-state index contributed by atoms with van der Waals surface area (Å²) >= 11 is 0. The molecule has 7 nitrogen and oxygen atoms in total. The molecule has 0 saturated carbocycles. The quantitative estimate of drug-likeness (QED) is 0.839. The maximum Gasteiger partial charge on any atom is 0.246 e. The number of amides is 1. The van der Waals surface area contributed by atoms with E-state index in [0.717, 1.165) is 25.1 Å². The van der Waals surface area contributed by atoms with E-state index < -0.39 is 0 Å². The maximum atomic E-state index is 11.7. The zero-order chi connectivity index (χ0) is 13.9. The molecule has 20 heavy (non-hydrogen) atoms. The molecule has 0 N–H and O–H groups in total. The molecular weight excluding hydrogens is 258 g/mol. The monoisotopic (exact) mass is 273 g/mol. The predicted octanol–water partition coefficient (Wildman–Crippen LogP) is 1.35. The second-order valence-electron chi connectivity index (χ2n) is 4.84. The average molecular weight is 273 g/mol. The van der Waals surface area contributed by atoms with Crippen molar-refractivity contribution in [2.24, 2.45) is 0 Å². The normalized spacial score (nSPS) is 15.7. The molecule has 0 aliphatic carbocycles. The summed E-state index contributed by atoms with van der Waals surface area (Å²) in [5, 5.41) is 11.8. The number of aromatic nitrogens is 4. The third-order valence-electron chi connectivity index (χ3n) is 3.24. The fourth-order valence-electron chi connectivity index (χ4n) is 2.13. The van der Waals surface area contributed by atoms with Crippen molar-refractivity contribution < 1.29 is 9.32 Å². The molecule has 1 aliphatic rings. The summed E-state index contributed by atoms with van der Waals surface area (Å²) in [5.74, 6) is 0.973. The van der Waals surface area contributed by atoms with Gasteiger partial charge in [0.1, 0.15) is 5.69 Å². The summed E-state index contributed by atoms with van der Waals surface area (Å²) in [4.78, 5) is 17.7. The van der Waals surface area contributed by atoms with Crippen LogP contribution in [0.15, 0.2) is 16.7 Å². The SMILES string of the molecule is Cc1ccc(-c2noc(CN3CCCCC3=O)n2)nn1. The molecule has 3 heterocycles.